The third-order valence-corrected chi connectivity index (χ3v) is 3.28. The highest BCUT2D eigenvalue weighted by Crippen LogP contribution is 2.13. The molecule has 0 atom stereocenters. The van der Waals surface area contributed by atoms with Crippen molar-refractivity contribution in [2.24, 2.45) is 5.73 Å². The first-order chi connectivity index (χ1) is 9.58. The Morgan fingerprint density at radius 2 is 2.20 bits per heavy atom. The third kappa shape index (κ3) is 3.51. The number of anilines is 1. The Balaban J connectivity index is 2.01. The normalized spacial score (nSPS) is 10.3. The Hall–Kier alpha value is -2.01. The average Bonchev–Trinajstić information content (AvgIpc) is 2.41. The number of nitrogens with two attached hydrogens (primary N) is 1. The summed E-state index contributed by atoms with van der Waals surface area (Å²) < 4.78 is 13.0. The van der Waals surface area contributed by atoms with Gasteiger partial charge in [-0.1, -0.05) is 18.3 Å². The molecule has 5 heteroatoms. The number of benzene rings is 1. The molecule has 0 aliphatic rings. The highest BCUT2D eigenvalue weighted by Gasteiger charge is 2.05. The number of nitrogens with one attached hydrogen (secondary N) is 1. The van der Waals surface area contributed by atoms with Crippen LogP contribution in [0.5, 0.6) is 0 Å². The zero-order chi connectivity index (χ0) is 14.5. The molecule has 2 aromatic rings. The molecule has 0 aliphatic heterocycles. The summed E-state index contributed by atoms with van der Waals surface area (Å²) in [5.41, 5.74) is 8.43. The second kappa shape index (κ2) is 6.43. The zero-order valence-electron chi connectivity index (χ0n) is 11.2. The minimum Gasteiger partial charge on any atom is -0.389 e. The van der Waals surface area contributed by atoms with Crippen molar-refractivity contribution in [3.8, 4) is 0 Å². The monoisotopic (exact) mass is 289 g/mol. The van der Waals surface area contributed by atoms with Crippen molar-refractivity contribution < 1.29 is 4.39 Å². The predicted octanol–water partition coefficient (Wildman–Crippen LogP) is 2.82. The van der Waals surface area contributed by atoms with E-state index in [-0.39, 0.29) is 5.82 Å². The SMILES string of the molecule is Cc1cc(F)ccc1CCNc1ncccc1C(N)=S. The van der Waals surface area contributed by atoms with Crippen LogP contribution in [0.3, 0.4) is 0 Å². The molecule has 3 nitrogen and oxygen atoms in total. The van der Waals surface area contributed by atoms with Gasteiger partial charge in [0.25, 0.3) is 0 Å². The lowest BCUT2D eigenvalue weighted by atomic mass is 10.1. The van der Waals surface area contributed by atoms with Crippen LogP contribution < -0.4 is 11.1 Å². The molecule has 1 aromatic carbocycles. The van der Waals surface area contributed by atoms with Crippen LogP contribution in [0.25, 0.3) is 0 Å². The summed E-state index contributed by atoms with van der Waals surface area (Å²) in [6.07, 6.45) is 2.46. The predicted molar refractivity (Wildman–Crippen MR) is 83.5 cm³/mol. The summed E-state index contributed by atoms with van der Waals surface area (Å²) in [4.78, 5) is 4.55. The zero-order valence-corrected chi connectivity index (χ0v) is 12.0. The molecule has 3 N–H and O–H groups in total. The molecule has 0 saturated carbocycles. The van der Waals surface area contributed by atoms with Gasteiger partial charge in [-0.05, 0) is 48.7 Å². The van der Waals surface area contributed by atoms with Gasteiger partial charge in [0, 0.05) is 12.7 Å². The Kier molecular flexibility index (Phi) is 4.63. The lowest BCUT2D eigenvalue weighted by Gasteiger charge is -2.11. The fraction of sp³-hybridized carbons (Fsp3) is 0.200. The Labute approximate surface area is 123 Å². The second-order valence-electron chi connectivity index (χ2n) is 4.51. The van der Waals surface area contributed by atoms with Gasteiger partial charge in [-0.3, -0.25) is 0 Å². The van der Waals surface area contributed by atoms with E-state index in [0.717, 1.165) is 23.1 Å². The van der Waals surface area contributed by atoms with Gasteiger partial charge in [0.05, 0.1) is 5.56 Å². The Bertz CT molecular complexity index is 628. The fourth-order valence-electron chi connectivity index (χ4n) is 2.00. The maximum Gasteiger partial charge on any atom is 0.136 e. The number of hydrogen-bond donors (Lipinski definition) is 2. The molecule has 0 unspecified atom stereocenters. The van der Waals surface area contributed by atoms with Gasteiger partial charge in [-0.25, -0.2) is 9.37 Å². The van der Waals surface area contributed by atoms with Crippen molar-refractivity contribution in [2.75, 3.05) is 11.9 Å². The van der Waals surface area contributed by atoms with E-state index in [1.165, 1.54) is 12.1 Å². The van der Waals surface area contributed by atoms with E-state index >= 15 is 0 Å². The summed E-state index contributed by atoms with van der Waals surface area (Å²) in [6.45, 7) is 2.58. The lowest BCUT2D eigenvalue weighted by Crippen LogP contribution is -2.15. The standard InChI is InChI=1S/C15H16FN3S/c1-10-9-12(16)5-4-11(10)6-8-19-15-13(14(17)20)3-2-7-18-15/h2-5,7,9H,6,8H2,1H3,(H2,17,20)(H,18,19). The lowest BCUT2D eigenvalue weighted by molar-refractivity contribution is 0.625. The summed E-state index contributed by atoms with van der Waals surface area (Å²) in [7, 11) is 0. The highest BCUT2D eigenvalue weighted by atomic mass is 32.1. The highest BCUT2D eigenvalue weighted by molar-refractivity contribution is 7.80. The van der Waals surface area contributed by atoms with Crippen molar-refractivity contribution in [1.29, 1.82) is 0 Å². The van der Waals surface area contributed by atoms with Crippen molar-refractivity contribution in [1.82, 2.24) is 4.98 Å². The van der Waals surface area contributed by atoms with Crippen LogP contribution in [-0.2, 0) is 6.42 Å². The number of aryl methyl sites for hydroxylation is 1. The molecule has 0 amide bonds. The second-order valence-corrected chi connectivity index (χ2v) is 4.95. The minimum absolute atomic E-state index is 0.209. The van der Waals surface area contributed by atoms with Gasteiger partial charge < -0.3 is 11.1 Å². The molecule has 0 radical (unpaired) electrons. The molecule has 2 rings (SSSR count). The fourth-order valence-corrected chi connectivity index (χ4v) is 2.17. The number of aromatic nitrogens is 1. The number of hydrogen-bond acceptors (Lipinski definition) is 3. The molecule has 0 saturated heterocycles. The summed E-state index contributed by atoms with van der Waals surface area (Å²) in [5, 5.41) is 3.21. The quantitative estimate of drug-likeness (QED) is 0.831. The first kappa shape index (κ1) is 14.4. The minimum atomic E-state index is -0.209. The Morgan fingerprint density at radius 3 is 2.90 bits per heavy atom. The van der Waals surface area contributed by atoms with Crippen LogP contribution in [0.4, 0.5) is 10.2 Å². The third-order valence-electron chi connectivity index (χ3n) is 3.06. The van der Waals surface area contributed by atoms with E-state index < -0.39 is 0 Å². The molecule has 1 aromatic heterocycles. The number of thiocarbonyl (C=S) groups is 1. The first-order valence-corrected chi connectivity index (χ1v) is 6.72. The number of rotatable bonds is 5. The van der Waals surface area contributed by atoms with Crippen LogP contribution in [0.2, 0.25) is 0 Å². The van der Waals surface area contributed by atoms with Crippen molar-refractivity contribution in [3.05, 3.63) is 59.0 Å². The largest absolute Gasteiger partial charge is 0.389 e. The molecule has 0 fully saturated rings. The van der Waals surface area contributed by atoms with Crippen molar-refractivity contribution >= 4 is 23.0 Å². The summed E-state index contributed by atoms with van der Waals surface area (Å²) in [5.74, 6) is 0.472. The van der Waals surface area contributed by atoms with E-state index in [1.807, 2.05) is 13.0 Å². The number of halogens is 1. The van der Waals surface area contributed by atoms with Gasteiger partial charge in [0.1, 0.15) is 16.6 Å². The van der Waals surface area contributed by atoms with E-state index in [0.29, 0.717) is 17.4 Å². The van der Waals surface area contributed by atoms with Gasteiger partial charge in [-0.2, -0.15) is 0 Å². The van der Waals surface area contributed by atoms with E-state index in [2.05, 4.69) is 10.3 Å². The van der Waals surface area contributed by atoms with Crippen LogP contribution >= 0.6 is 12.2 Å². The van der Waals surface area contributed by atoms with Crippen molar-refractivity contribution in [2.45, 2.75) is 13.3 Å². The van der Waals surface area contributed by atoms with E-state index in [4.69, 9.17) is 18.0 Å². The average molecular weight is 289 g/mol. The maximum atomic E-state index is 13.0. The van der Waals surface area contributed by atoms with Crippen molar-refractivity contribution in [3.63, 3.8) is 0 Å². The molecule has 0 aliphatic carbocycles. The maximum absolute atomic E-state index is 13.0. The molecular formula is C15H16FN3S. The van der Waals surface area contributed by atoms with Gasteiger partial charge in [0.15, 0.2) is 0 Å². The molecule has 20 heavy (non-hydrogen) atoms. The number of nitrogens with zero attached hydrogens (tertiary/aromatic N) is 1. The molecule has 104 valence electrons. The van der Waals surface area contributed by atoms with E-state index in [9.17, 15) is 4.39 Å². The van der Waals surface area contributed by atoms with Gasteiger partial charge in [0.2, 0.25) is 0 Å². The molecule has 1 heterocycles. The Morgan fingerprint density at radius 1 is 1.40 bits per heavy atom. The van der Waals surface area contributed by atoms with Crippen LogP contribution in [0, 0.1) is 12.7 Å². The smallest absolute Gasteiger partial charge is 0.136 e. The first-order valence-electron chi connectivity index (χ1n) is 6.31. The molecular weight excluding hydrogens is 273 g/mol. The summed E-state index contributed by atoms with van der Waals surface area (Å²) in [6, 6.07) is 8.45. The molecule has 0 bridgehead atoms. The van der Waals surface area contributed by atoms with Crippen LogP contribution in [0.15, 0.2) is 36.5 Å². The van der Waals surface area contributed by atoms with E-state index in [1.54, 1.807) is 18.3 Å². The van der Waals surface area contributed by atoms with Gasteiger partial charge >= 0.3 is 0 Å². The number of pyridine rings is 1. The molecule has 0 spiro atoms. The topological polar surface area (TPSA) is 50.9 Å². The van der Waals surface area contributed by atoms with Crippen LogP contribution in [0.1, 0.15) is 16.7 Å². The van der Waals surface area contributed by atoms with Gasteiger partial charge in [-0.15, -0.1) is 0 Å². The van der Waals surface area contributed by atoms with Crippen LogP contribution in [-0.4, -0.2) is 16.5 Å². The summed E-state index contributed by atoms with van der Waals surface area (Å²) >= 11 is 4.98.